The van der Waals surface area contributed by atoms with E-state index < -0.39 is 0 Å². The summed E-state index contributed by atoms with van der Waals surface area (Å²) in [6.07, 6.45) is 3.65. The molecule has 0 aromatic heterocycles. The molecule has 0 saturated carbocycles. The van der Waals surface area contributed by atoms with Gasteiger partial charge in [-0.2, -0.15) is 0 Å². The van der Waals surface area contributed by atoms with Crippen LogP contribution in [0.5, 0.6) is 0 Å². The van der Waals surface area contributed by atoms with E-state index in [2.05, 4.69) is 15.8 Å². The van der Waals surface area contributed by atoms with E-state index >= 15 is 0 Å². The second kappa shape index (κ2) is 6.43. The zero-order valence-electron chi connectivity index (χ0n) is 11.4. The fourth-order valence-corrected chi connectivity index (χ4v) is 2.28. The normalized spacial score (nSPS) is 16.1. The largest absolute Gasteiger partial charge is 0.399 e. The number of carbonyl (C=O) groups is 1. The molecule has 19 heavy (non-hydrogen) atoms. The van der Waals surface area contributed by atoms with Crippen LogP contribution in [0.15, 0.2) is 18.2 Å². The van der Waals surface area contributed by atoms with Crippen LogP contribution in [-0.4, -0.2) is 30.6 Å². The zero-order chi connectivity index (χ0) is 13.7. The van der Waals surface area contributed by atoms with Gasteiger partial charge in [0.1, 0.15) is 0 Å². The van der Waals surface area contributed by atoms with Crippen LogP contribution in [0, 0.1) is 0 Å². The minimum absolute atomic E-state index is 0.0676. The maximum absolute atomic E-state index is 12.0. The van der Waals surface area contributed by atoms with Gasteiger partial charge in [0.15, 0.2) is 0 Å². The highest BCUT2D eigenvalue weighted by atomic mass is 16.1. The molecule has 0 atom stereocenters. The zero-order valence-corrected chi connectivity index (χ0v) is 11.4. The van der Waals surface area contributed by atoms with E-state index in [1.165, 1.54) is 19.3 Å². The summed E-state index contributed by atoms with van der Waals surface area (Å²) in [7, 11) is 0. The summed E-state index contributed by atoms with van der Waals surface area (Å²) >= 11 is 0. The van der Waals surface area contributed by atoms with Crippen molar-refractivity contribution in [3.63, 3.8) is 0 Å². The first-order valence-corrected chi connectivity index (χ1v) is 6.90. The Balaban J connectivity index is 2.16. The Bertz CT molecular complexity index is 441. The summed E-state index contributed by atoms with van der Waals surface area (Å²) in [6.45, 7) is 4.53. The number of rotatable bonds is 4. The fourth-order valence-electron chi connectivity index (χ4n) is 2.28. The molecule has 1 aromatic rings. The lowest BCUT2D eigenvalue weighted by atomic mass is 10.1. The number of nitrogens with zero attached hydrogens (tertiary/aromatic N) is 1. The van der Waals surface area contributed by atoms with E-state index in [1.54, 1.807) is 12.1 Å². The molecule has 5 heteroatoms. The molecule has 1 fully saturated rings. The molecule has 0 unspecified atom stereocenters. The van der Waals surface area contributed by atoms with Crippen LogP contribution >= 0.6 is 0 Å². The van der Waals surface area contributed by atoms with Gasteiger partial charge in [-0.25, -0.2) is 5.01 Å². The topological polar surface area (TPSA) is 70.4 Å². The third kappa shape index (κ3) is 3.61. The lowest BCUT2D eigenvalue weighted by molar-refractivity contribution is 0.0956. The highest BCUT2D eigenvalue weighted by Gasteiger charge is 2.15. The van der Waals surface area contributed by atoms with E-state index in [0.29, 0.717) is 17.8 Å². The van der Waals surface area contributed by atoms with E-state index in [-0.39, 0.29) is 5.91 Å². The summed E-state index contributed by atoms with van der Waals surface area (Å²) in [5.41, 5.74) is 11.2. The van der Waals surface area contributed by atoms with Crippen molar-refractivity contribution in [3.8, 4) is 0 Å². The summed E-state index contributed by atoms with van der Waals surface area (Å²) in [5.74, 6) is -0.0676. The number of carbonyl (C=O) groups excluding carboxylic acids is 1. The van der Waals surface area contributed by atoms with Crippen molar-refractivity contribution in [2.75, 3.05) is 30.8 Å². The third-order valence-electron chi connectivity index (χ3n) is 3.26. The van der Waals surface area contributed by atoms with Crippen molar-refractivity contribution in [2.45, 2.75) is 26.2 Å². The van der Waals surface area contributed by atoms with Gasteiger partial charge in [0.25, 0.3) is 5.91 Å². The smallest absolute Gasteiger partial charge is 0.253 e. The number of hydrazine groups is 1. The van der Waals surface area contributed by atoms with Crippen LogP contribution in [0.1, 0.15) is 36.5 Å². The molecular weight excluding hydrogens is 240 g/mol. The molecule has 5 nitrogen and oxygen atoms in total. The predicted molar refractivity (Wildman–Crippen MR) is 77.9 cm³/mol. The fraction of sp³-hybridized carbons (Fsp3) is 0.500. The molecule has 1 aliphatic rings. The maximum atomic E-state index is 12.0. The number of benzene rings is 1. The Kier molecular flexibility index (Phi) is 4.63. The number of anilines is 2. The van der Waals surface area contributed by atoms with Gasteiger partial charge in [-0.05, 0) is 38.0 Å². The predicted octanol–water partition coefficient (Wildman–Crippen LogP) is 1.83. The summed E-state index contributed by atoms with van der Waals surface area (Å²) < 4.78 is 0. The number of piperidine rings is 1. The molecule has 0 spiro atoms. The molecule has 4 N–H and O–H groups in total. The standard InChI is InChI=1S/C14H22N4O/c1-2-16-14(19)12-7-6-11(15)10-13(12)17-18-8-4-3-5-9-18/h6-7,10,17H,2-5,8-9,15H2,1H3,(H,16,19). The Labute approximate surface area is 114 Å². The molecule has 104 valence electrons. The van der Waals surface area contributed by atoms with Crippen molar-refractivity contribution in [3.05, 3.63) is 23.8 Å². The average molecular weight is 262 g/mol. The minimum Gasteiger partial charge on any atom is -0.399 e. The minimum atomic E-state index is -0.0676. The Morgan fingerprint density at radius 1 is 1.32 bits per heavy atom. The molecule has 1 aromatic carbocycles. The van der Waals surface area contributed by atoms with Gasteiger partial charge in [-0.3, -0.25) is 4.79 Å². The van der Waals surface area contributed by atoms with E-state index in [1.807, 2.05) is 13.0 Å². The van der Waals surface area contributed by atoms with Crippen LogP contribution in [0.3, 0.4) is 0 Å². The molecular formula is C14H22N4O. The number of amides is 1. The highest BCUT2D eigenvalue weighted by molar-refractivity contribution is 6.00. The second-order valence-corrected chi connectivity index (χ2v) is 4.82. The third-order valence-corrected chi connectivity index (χ3v) is 3.26. The van der Waals surface area contributed by atoms with Crippen molar-refractivity contribution in [1.82, 2.24) is 10.3 Å². The summed E-state index contributed by atoms with van der Waals surface area (Å²) in [4.78, 5) is 12.0. The van der Waals surface area contributed by atoms with Crippen molar-refractivity contribution in [2.24, 2.45) is 0 Å². The van der Waals surface area contributed by atoms with E-state index in [0.717, 1.165) is 18.8 Å². The van der Waals surface area contributed by atoms with Crippen LogP contribution in [0.25, 0.3) is 0 Å². The SMILES string of the molecule is CCNC(=O)c1ccc(N)cc1NN1CCCCC1. The number of nitrogens with two attached hydrogens (primary N) is 1. The first kappa shape index (κ1) is 13.7. The molecule has 1 amide bonds. The number of hydrogen-bond acceptors (Lipinski definition) is 4. The molecule has 0 radical (unpaired) electrons. The molecule has 0 aliphatic carbocycles. The second-order valence-electron chi connectivity index (χ2n) is 4.82. The quantitative estimate of drug-likeness (QED) is 0.724. The van der Waals surface area contributed by atoms with E-state index in [9.17, 15) is 4.79 Å². The van der Waals surface area contributed by atoms with Crippen molar-refractivity contribution in [1.29, 1.82) is 0 Å². The lowest BCUT2D eigenvalue weighted by Crippen LogP contribution is -2.36. The first-order valence-electron chi connectivity index (χ1n) is 6.90. The van der Waals surface area contributed by atoms with Gasteiger partial charge in [0.2, 0.25) is 0 Å². The number of hydrogen-bond donors (Lipinski definition) is 3. The lowest BCUT2D eigenvalue weighted by Gasteiger charge is -2.28. The van der Waals surface area contributed by atoms with E-state index in [4.69, 9.17) is 5.73 Å². The van der Waals surface area contributed by atoms with Gasteiger partial charge in [0.05, 0.1) is 11.3 Å². The Hall–Kier alpha value is -1.75. The average Bonchev–Trinajstić information content (AvgIpc) is 2.40. The first-order chi connectivity index (χ1) is 9.20. The molecule has 1 aliphatic heterocycles. The number of nitrogen functional groups attached to an aromatic ring is 1. The number of nitrogens with one attached hydrogen (secondary N) is 2. The van der Waals surface area contributed by atoms with Gasteiger partial charge >= 0.3 is 0 Å². The van der Waals surface area contributed by atoms with Crippen LogP contribution < -0.4 is 16.5 Å². The summed E-state index contributed by atoms with van der Waals surface area (Å²) in [5, 5.41) is 4.97. The van der Waals surface area contributed by atoms with Crippen LogP contribution in [0.4, 0.5) is 11.4 Å². The Morgan fingerprint density at radius 3 is 2.74 bits per heavy atom. The monoisotopic (exact) mass is 262 g/mol. The van der Waals surface area contributed by atoms with Crippen LogP contribution in [0.2, 0.25) is 0 Å². The Morgan fingerprint density at radius 2 is 2.05 bits per heavy atom. The van der Waals surface area contributed by atoms with Crippen molar-refractivity contribution < 1.29 is 4.79 Å². The van der Waals surface area contributed by atoms with Gasteiger partial charge in [0, 0.05) is 25.3 Å². The van der Waals surface area contributed by atoms with Crippen molar-refractivity contribution >= 4 is 17.3 Å². The maximum Gasteiger partial charge on any atom is 0.253 e. The summed E-state index contributed by atoms with van der Waals surface area (Å²) in [6, 6.07) is 5.34. The molecule has 2 rings (SSSR count). The highest BCUT2D eigenvalue weighted by Crippen LogP contribution is 2.21. The molecule has 0 bridgehead atoms. The molecule has 1 saturated heterocycles. The van der Waals surface area contributed by atoms with Crippen LogP contribution in [-0.2, 0) is 0 Å². The van der Waals surface area contributed by atoms with Gasteiger partial charge < -0.3 is 16.5 Å². The van der Waals surface area contributed by atoms with Gasteiger partial charge in [-0.1, -0.05) is 6.42 Å². The van der Waals surface area contributed by atoms with Gasteiger partial charge in [-0.15, -0.1) is 0 Å². The molecule has 1 heterocycles.